The molecule has 0 bridgehead atoms. The number of hydrogen-bond acceptors (Lipinski definition) is 7. The van der Waals surface area contributed by atoms with Crippen LogP contribution in [0.5, 0.6) is 0 Å². The number of anilines is 1. The maximum atomic E-state index is 13.6. The Kier molecular flexibility index (Phi) is 7.45. The van der Waals surface area contributed by atoms with Crippen LogP contribution in [0.2, 0.25) is 0 Å². The van der Waals surface area contributed by atoms with E-state index in [-0.39, 0.29) is 18.0 Å². The number of ether oxygens (including phenoxy) is 1. The van der Waals surface area contributed by atoms with Crippen LogP contribution in [-0.2, 0) is 4.74 Å². The average Bonchev–Trinajstić information content (AvgIpc) is 3.66. The van der Waals surface area contributed by atoms with Gasteiger partial charge in [0.15, 0.2) is 0 Å². The summed E-state index contributed by atoms with van der Waals surface area (Å²) in [5.41, 5.74) is 4.32. The molecule has 41 heavy (non-hydrogen) atoms. The lowest BCUT2D eigenvalue weighted by molar-refractivity contribution is 0.159. The van der Waals surface area contributed by atoms with Crippen LogP contribution in [0.4, 0.5) is 10.6 Å². The van der Waals surface area contributed by atoms with Crippen molar-refractivity contribution in [3.8, 4) is 16.9 Å². The van der Waals surface area contributed by atoms with E-state index in [9.17, 15) is 4.79 Å². The second-order valence-electron chi connectivity index (χ2n) is 10.3. The van der Waals surface area contributed by atoms with Crippen molar-refractivity contribution >= 4 is 17.6 Å². The molecule has 6 rings (SSSR count). The molecule has 2 N–H and O–H groups in total. The Morgan fingerprint density at radius 2 is 1.78 bits per heavy atom. The van der Waals surface area contributed by atoms with E-state index >= 15 is 0 Å². The van der Waals surface area contributed by atoms with Crippen LogP contribution in [0, 0.1) is 13.8 Å². The van der Waals surface area contributed by atoms with Crippen molar-refractivity contribution < 1.29 is 9.53 Å². The number of hydrogen-bond donors (Lipinski definition) is 2. The zero-order chi connectivity index (χ0) is 28.3. The highest BCUT2D eigenvalue weighted by atomic mass is 16.5. The van der Waals surface area contributed by atoms with Gasteiger partial charge in [0.25, 0.3) is 5.78 Å². The Balaban J connectivity index is 1.30. The molecule has 210 valence electrons. The lowest BCUT2D eigenvalue weighted by Gasteiger charge is -2.21. The van der Waals surface area contributed by atoms with Crippen LogP contribution in [0.25, 0.3) is 22.7 Å². The van der Waals surface area contributed by atoms with Gasteiger partial charge in [0.05, 0.1) is 18.3 Å². The summed E-state index contributed by atoms with van der Waals surface area (Å²) in [6.45, 7) is 6.82. The molecule has 4 heterocycles. The Labute approximate surface area is 238 Å². The Morgan fingerprint density at radius 1 is 1.02 bits per heavy atom. The molecule has 0 radical (unpaired) electrons. The highest BCUT2D eigenvalue weighted by Crippen LogP contribution is 2.31. The van der Waals surface area contributed by atoms with Gasteiger partial charge in [-0.3, -0.25) is 10.2 Å². The fraction of sp³-hybridized carbons (Fsp3) is 0.300. The van der Waals surface area contributed by atoms with Crippen molar-refractivity contribution in [3.63, 3.8) is 0 Å². The van der Waals surface area contributed by atoms with Crippen LogP contribution in [0.3, 0.4) is 0 Å². The molecule has 1 aliphatic rings. The molecule has 11 nitrogen and oxygen atoms in total. The minimum atomic E-state index is -0.281. The van der Waals surface area contributed by atoms with E-state index in [0.717, 1.165) is 36.4 Å². The van der Waals surface area contributed by atoms with E-state index in [1.165, 1.54) is 5.56 Å². The lowest BCUT2D eigenvalue weighted by atomic mass is 9.94. The summed E-state index contributed by atoms with van der Waals surface area (Å²) in [4.78, 5) is 24.7. The van der Waals surface area contributed by atoms with Crippen LogP contribution in [0.1, 0.15) is 22.9 Å². The smallest absolute Gasteiger partial charge is 0.320 e. The zero-order valence-corrected chi connectivity index (χ0v) is 23.4. The predicted octanol–water partition coefficient (Wildman–Crippen LogP) is 3.83. The number of fused-ring (bicyclic) bond motifs is 1. The zero-order valence-electron chi connectivity index (χ0n) is 23.4. The van der Waals surface area contributed by atoms with Crippen LogP contribution in [-0.4, -0.2) is 79.7 Å². The molecule has 2 aromatic carbocycles. The van der Waals surface area contributed by atoms with Gasteiger partial charge < -0.3 is 10.1 Å². The van der Waals surface area contributed by atoms with Crippen molar-refractivity contribution in [3.05, 3.63) is 90.0 Å². The number of amides is 2. The number of rotatable bonds is 8. The van der Waals surface area contributed by atoms with Crippen molar-refractivity contribution in [2.75, 3.05) is 38.7 Å². The van der Waals surface area contributed by atoms with Crippen molar-refractivity contribution in [1.29, 1.82) is 0 Å². The third kappa shape index (κ3) is 5.54. The third-order valence-electron chi connectivity index (χ3n) is 7.48. The van der Waals surface area contributed by atoms with Crippen LogP contribution < -0.4 is 10.6 Å². The van der Waals surface area contributed by atoms with E-state index in [1.54, 1.807) is 22.5 Å². The average molecular weight is 552 g/mol. The second kappa shape index (κ2) is 11.5. The Morgan fingerprint density at radius 3 is 2.54 bits per heavy atom. The number of methoxy groups -OCH3 is 1. The van der Waals surface area contributed by atoms with E-state index in [1.807, 2.05) is 68.6 Å². The number of carbonyl (C=O) groups is 1. The Hall–Kier alpha value is -4.61. The number of nitrogens with zero attached hydrogens (tertiary/aromatic N) is 7. The third-order valence-corrected chi connectivity index (χ3v) is 7.48. The summed E-state index contributed by atoms with van der Waals surface area (Å²) in [6.07, 6.45) is 3.59. The molecule has 2 amide bonds. The molecule has 1 saturated heterocycles. The van der Waals surface area contributed by atoms with E-state index in [4.69, 9.17) is 9.84 Å². The highest BCUT2D eigenvalue weighted by molar-refractivity contribution is 5.91. The molecule has 1 fully saturated rings. The largest absolute Gasteiger partial charge is 0.383 e. The second-order valence-corrected chi connectivity index (χ2v) is 10.3. The molecule has 0 unspecified atom stereocenters. The van der Waals surface area contributed by atoms with E-state index < -0.39 is 0 Å². The number of para-hydroxylation sites is 1. The van der Waals surface area contributed by atoms with Crippen molar-refractivity contribution in [2.45, 2.75) is 25.8 Å². The number of aromatic nitrogens is 6. The maximum Gasteiger partial charge on any atom is 0.320 e. The van der Waals surface area contributed by atoms with Crippen LogP contribution >= 0.6 is 0 Å². The summed E-state index contributed by atoms with van der Waals surface area (Å²) >= 11 is 0. The summed E-state index contributed by atoms with van der Waals surface area (Å²) < 4.78 is 8.71. The molecule has 3 aromatic heterocycles. The first-order valence-electron chi connectivity index (χ1n) is 13.7. The molecule has 0 aliphatic carbocycles. The van der Waals surface area contributed by atoms with Gasteiger partial charge in [0.2, 0.25) is 0 Å². The fourth-order valence-electron chi connectivity index (χ4n) is 5.47. The maximum absolute atomic E-state index is 13.6. The number of benzene rings is 2. The molecule has 0 spiro atoms. The van der Waals surface area contributed by atoms with Gasteiger partial charge in [-0.1, -0.05) is 48.5 Å². The Bertz CT molecular complexity index is 1650. The number of aryl methyl sites for hydroxylation is 1. The summed E-state index contributed by atoms with van der Waals surface area (Å²) in [6, 6.07) is 19.7. The minimum Gasteiger partial charge on any atom is -0.383 e. The standard InChI is InChI=1S/C30H33N9O2/c1-20-27(23-16-31-29-32-21(2)35-38(29)17-23)36-39(24-12-8-5-9-13-24)28(20)34-30(40)33-26-19-37(14-15-41-3)18-25(26)22-10-6-4-7-11-22/h4-13,16-17,25-26H,14-15,18-19H2,1-3H3,(H2,33,34,40)/t25-,26+/m0/s1. The first-order chi connectivity index (χ1) is 20.0. The van der Waals surface area contributed by atoms with Gasteiger partial charge in [-0.2, -0.15) is 15.2 Å². The summed E-state index contributed by atoms with van der Waals surface area (Å²) in [7, 11) is 1.71. The first kappa shape index (κ1) is 26.6. The molecule has 5 aromatic rings. The van der Waals surface area contributed by atoms with Crippen molar-refractivity contribution in [1.82, 2.24) is 39.6 Å². The lowest BCUT2D eigenvalue weighted by Crippen LogP contribution is -2.42. The molecule has 1 aliphatic heterocycles. The van der Waals surface area contributed by atoms with E-state index in [0.29, 0.717) is 29.7 Å². The summed E-state index contributed by atoms with van der Waals surface area (Å²) in [5.74, 6) is 1.91. The van der Waals surface area contributed by atoms with Crippen molar-refractivity contribution in [2.24, 2.45) is 0 Å². The minimum absolute atomic E-state index is 0.0655. The number of urea groups is 1. The number of likely N-dealkylation sites (tertiary alicyclic amines) is 1. The highest BCUT2D eigenvalue weighted by Gasteiger charge is 2.35. The van der Waals surface area contributed by atoms with Gasteiger partial charge in [-0.25, -0.2) is 19.0 Å². The molecule has 11 heteroatoms. The monoisotopic (exact) mass is 551 g/mol. The fourth-order valence-corrected chi connectivity index (χ4v) is 5.47. The molecule has 0 saturated carbocycles. The van der Waals surface area contributed by atoms with E-state index in [2.05, 4.69) is 42.7 Å². The summed E-state index contributed by atoms with van der Waals surface area (Å²) in [5, 5.41) is 15.7. The van der Waals surface area contributed by atoms with Gasteiger partial charge in [-0.05, 0) is 31.5 Å². The molecule has 2 atom stereocenters. The normalized spacial score (nSPS) is 17.2. The van der Waals surface area contributed by atoms with Gasteiger partial charge in [0, 0.05) is 56.2 Å². The van der Waals surface area contributed by atoms with Gasteiger partial charge in [-0.15, -0.1) is 0 Å². The number of nitrogens with one attached hydrogen (secondary N) is 2. The predicted molar refractivity (Wildman–Crippen MR) is 156 cm³/mol. The molecular formula is C30H33N9O2. The topological polar surface area (TPSA) is 114 Å². The first-order valence-corrected chi connectivity index (χ1v) is 13.7. The number of carbonyl (C=O) groups excluding carboxylic acids is 1. The molecular weight excluding hydrogens is 518 g/mol. The van der Waals surface area contributed by atoms with Gasteiger partial charge >= 0.3 is 6.03 Å². The van der Waals surface area contributed by atoms with Crippen LogP contribution in [0.15, 0.2) is 73.1 Å². The SMILES string of the molecule is COCCN1C[C@@H](NC(=O)Nc2c(C)c(-c3cnc4nc(C)nn4c3)nn2-c2ccccc2)[C@H](c2ccccc2)C1. The van der Waals surface area contributed by atoms with Gasteiger partial charge in [0.1, 0.15) is 17.3 Å². The quantitative estimate of drug-likeness (QED) is 0.301.